The van der Waals surface area contributed by atoms with Gasteiger partial charge >= 0.3 is 0 Å². The maximum absolute atomic E-state index is 13.0. The minimum Gasteiger partial charge on any atom is -0.493 e. The topological polar surface area (TPSA) is 64.8 Å². The number of rotatable bonds is 9. The Morgan fingerprint density at radius 1 is 1.12 bits per heavy atom. The fourth-order valence-corrected chi connectivity index (χ4v) is 2.60. The summed E-state index contributed by atoms with van der Waals surface area (Å²) in [6, 6.07) is 15.2. The molecule has 2 aromatic rings. The van der Waals surface area contributed by atoms with Gasteiger partial charge in [0.25, 0.3) is 5.91 Å². The van der Waals surface area contributed by atoms with Crippen LogP contribution in [0.1, 0.15) is 29.3 Å². The van der Waals surface area contributed by atoms with E-state index in [0.717, 1.165) is 12.0 Å². The molecular weight excluding hydrogens is 316 g/mol. The van der Waals surface area contributed by atoms with E-state index in [9.17, 15) is 4.79 Å². The number of methoxy groups -OCH3 is 1. The SMILES string of the molecule is CCOc1ccc(C(=O)N(CCCN)Cc2ccccc2)cc1OC. The summed E-state index contributed by atoms with van der Waals surface area (Å²) in [6.45, 7) is 4.16. The van der Waals surface area contributed by atoms with Crippen molar-refractivity contribution in [2.75, 3.05) is 26.8 Å². The van der Waals surface area contributed by atoms with Crippen LogP contribution in [-0.2, 0) is 6.54 Å². The van der Waals surface area contributed by atoms with E-state index in [2.05, 4.69) is 0 Å². The monoisotopic (exact) mass is 342 g/mol. The van der Waals surface area contributed by atoms with E-state index in [1.807, 2.05) is 42.2 Å². The second-order valence-electron chi connectivity index (χ2n) is 5.65. The van der Waals surface area contributed by atoms with Gasteiger partial charge in [0.05, 0.1) is 13.7 Å². The van der Waals surface area contributed by atoms with E-state index in [-0.39, 0.29) is 5.91 Å². The van der Waals surface area contributed by atoms with Crippen LogP contribution in [0.2, 0.25) is 0 Å². The summed E-state index contributed by atoms with van der Waals surface area (Å²) in [6.07, 6.45) is 0.757. The average Bonchev–Trinajstić information content (AvgIpc) is 2.66. The molecule has 0 aliphatic carbocycles. The van der Waals surface area contributed by atoms with Gasteiger partial charge in [0, 0.05) is 18.7 Å². The van der Waals surface area contributed by atoms with Crippen LogP contribution in [0, 0.1) is 0 Å². The van der Waals surface area contributed by atoms with Crippen LogP contribution in [0.4, 0.5) is 0 Å². The van der Waals surface area contributed by atoms with Gasteiger partial charge in [0.15, 0.2) is 11.5 Å². The minimum atomic E-state index is -0.0429. The Labute approximate surface area is 149 Å². The highest BCUT2D eigenvalue weighted by Gasteiger charge is 2.18. The van der Waals surface area contributed by atoms with Gasteiger partial charge in [-0.15, -0.1) is 0 Å². The van der Waals surface area contributed by atoms with Crippen LogP contribution in [0.5, 0.6) is 11.5 Å². The summed E-state index contributed by atoms with van der Waals surface area (Å²) in [5.41, 5.74) is 7.30. The highest BCUT2D eigenvalue weighted by atomic mass is 16.5. The average molecular weight is 342 g/mol. The number of amides is 1. The van der Waals surface area contributed by atoms with E-state index >= 15 is 0 Å². The molecule has 2 rings (SSSR count). The second-order valence-corrected chi connectivity index (χ2v) is 5.65. The van der Waals surface area contributed by atoms with Crippen molar-refractivity contribution in [3.8, 4) is 11.5 Å². The summed E-state index contributed by atoms with van der Waals surface area (Å²) < 4.78 is 10.9. The van der Waals surface area contributed by atoms with Crippen LogP contribution in [0.3, 0.4) is 0 Å². The standard InChI is InChI=1S/C20H26N2O3/c1-3-25-18-11-10-17(14-19(18)24-2)20(23)22(13-7-12-21)15-16-8-5-4-6-9-16/h4-6,8-11,14H,3,7,12-13,15,21H2,1-2H3. The normalized spacial score (nSPS) is 10.4. The highest BCUT2D eigenvalue weighted by molar-refractivity contribution is 5.95. The van der Waals surface area contributed by atoms with Gasteiger partial charge in [0.2, 0.25) is 0 Å². The molecule has 0 radical (unpaired) electrons. The number of hydrogen-bond acceptors (Lipinski definition) is 4. The van der Waals surface area contributed by atoms with Crippen molar-refractivity contribution in [2.24, 2.45) is 5.73 Å². The van der Waals surface area contributed by atoms with Gasteiger partial charge in [0.1, 0.15) is 0 Å². The van der Waals surface area contributed by atoms with Crippen molar-refractivity contribution < 1.29 is 14.3 Å². The number of benzene rings is 2. The van der Waals surface area contributed by atoms with Crippen LogP contribution >= 0.6 is 0 Å². The van der Waals surface area contributed by atoms with Crippen molar-refractivity contribution in [3.05, 3.63) is 59.7 Å². The highest BCUT2D eigenvalue weighted by Crippen LogP contribution is 2.28. The zero-order chi connectivity index (χ0) is 18.1. The Bertz CT molecular complexity index is 674. The van der Waals surface area contributed by atoms with Crippen molar-refractivity contribution in [3.63, 3.8) is 0 Å². The molecule has 134 valence electrons. The minimum absolute atomic E-state index is 0.0429. The van der Waals surface area contributed by atoms with E-state index in [1.54, 1.807) is 25.3 Å². The van der Waals surface area contributed by atoms with E-state index in [0.29, 0.717) is 43.3 Å². The largest absolute Gasteiger partial charge is 0.493 e. The van der Waals surface area contributed by atoms with Gasteiger partial charge in [-0.05, 0) is 43.7 Å². The number of ether oxygens (including phenoxy) is 2. The van der Waals surface area contributed by atoms with Gasteiger partial charge in [-0.25, -0.2) is 0 Å². The zero-order valence-electron chi connectivity index (χ0n) is 14.9. The van der Waals surface area contributed by atoms with Crippen LogP contribution < -0.4 is 15.2 Å². The number of hydrogen-bond donors (Lipinski definition) is 1. The molecule has 0 bridgehead atoms. The summed E-state index contributed by atoms with van der Waals surface area (Å²) >= 11 is 0. The van der Waals surface area contributed by atoms with Crippen molar-refractivity contribution in [1.29, 1.82) is 0 Å². The molecule has 25 heavy (non-hydrogen) atoms. The molecule has 5 nitrogen and oxygen atoms in total. The smallest absolute Gasteiger partial charge is 0.254 e. The quantitative estimate of drug-likeness (QED) is 0.760. The van der Waals surface area contributed by atoms with Gasteiger partial charge in [-0.3, -0.25) is 4.79 Å². The first-order valence-electron chi connectivity index (χ1n) is 8.53. The lowest BCUT2D eigenvalue weighted by Crippen LogP contribution is -2.32. The lowest BCUT2D eigenvalue weighted by molar-refractivity contribution is 0.0742. The Morgan fingerprint density at radius 2 is 1.88 bits per heavy atom. The maximum Gasteiger partial charge on any atom is 0.254 e. The molecule has 2 N–H and O–H groups in total. The molecule has 0 spiro atoms. The number of carbonyl (C=O) groups excluding carboxylic acids is 1. The third-order valence-electron chi connectivity index (χ3n) is 3.85. The molecule has 0 atom stereocenters. The van der Waals surface area contributed by atoms with E-state index in [4.69, 9.17) is 15.2 Å². The Balaban J connectivity index is 2.22. The Morgan fingerprint density at radius 3 is 2.52 bits per heavy atom. The van der Waals surface area contributed by atoms with Gasteiger partial charge in [-0.2, -0.15) is 0 Å². The summed E-state index contributed by atoms with van der Waals surface area (Å²) in [5, 5.41) is 0. The molecule has 0 saturated carbocycles. The fourth-order valence-electron chi connectivity index (χ4n) is 2.60. The second kappa shape index (κ2) is 9.69. The predicted molar refractivity (Wildman–Crippen MR) is 99.0 cm³/mol. The molecule has 1 amide bonds. The molecule has 0 unspecified atom stereocenters. The van der Waals surface area contributed by atoms with Crippen LogP contribution in [-0.4, -0.2) is 37.6 Å². The van der Waals surface area contributed by atoms with E-state index < -0.39 is 0 Å². The van der Waals surface area contributed by atoms with Crippen molar-refractivity contribution in [1.82, 2.24) is 4.90 Å². The molecule has 0 fully saturated rings. The molecule has 0 saturated heterocycles. The molecule has 0 aliphatic heterocycles. The van der Waals surface area contributed by atoms with Gasteiger partial charge < -0.3 is 20.1 Å². The zero-order valence-corrected chi connectivity index (χ0v) is 14.9. The first-order valence-corrected chi connectivity index (χ1v) is 8.53. The predicted octanol–water partition coefficient (Wildman–Crippen LogP) is 3.09. The lowest BCUT2D eigenvalue weighted by atomic mass is 10.1. The number of carbonyl (C=O) groups is 1. The fraction of sp³-hybridized carbons (Fsp3) is 0.350. The number of nitrogens with two attached hydrogens (primary N) is 1. The van der Waals surface area contributed by atoms with E-state index in [1.165, 1.54) is 0 Å². The third kappa shape index (κ3) is 5.22. The first kappa shape index (κ1) is 18.8. The summed E-state index contributed by atoms with van der Waals surface area (Å²) in [7, 11) is 1.57. The number of nitrogens with zero attached hydrogens (tertiary/aromatic N) is 1. The lowest BCUT2D eigenvalue weighted by Gasteiger charge is -2.23. The first-order chi connectivity index (χ1) is 12.2. The van der Waals surface area contributed by atoms with Crippen LogP contribution in [0.15, 0.2) is 48.5 Å². The van der Waals surface area contributed by atoms with Gasteiger partial charge in [-0.1, -0.05) is 30.3 Å². The third-order valence-corrected chi connectivity index (χ3v) is 3.85. The molecule has 5 heteroatoms. The molecule has 0 aromatic heterocycles. The van der Waals surface area contributed by atoms with Crippen molar-refractivity contribution >= 4 is 5.91 Å². The van der Waals surface area contributed by atoms with Crippen molar-refractivity contribution in [2.45, 2.75) is 19.9 Å². The molecule has 0 aliphatic rings. The maximum atomic E-state index is 13.0. The van der Waals surface area contributed by atoms with Crippen LogP contribution in [0.25, 0.3) is 0 Å². The molecule has 2 aromatic carbocycles. The summed E-state index contributed by atoms with van der Waals surface area (Å²) in [4.78, 5) is 14.8. The Hall–Kier alpha value is -2.53. The molecule has 0 heterocycles. The summed E-state index contributed by atoms with van der Waals surface area (Å²) in [5.74, 6) is 1.16. The molecular formula is C20H26N2O3. The Kier molecular flexibility index (Phi) is 7.29.